The van der Waals surface area contributed by atoms with Crippen molar-refractivity contribution in [3.05, 3.63) is 94.7 Å². The van der Waals surface area contributed by atoms with Crippen LogP contribution in [0.4, 0.5) is 5.69 Å². The summed E-state index contributed by atoms with van der Waals surface area (Å²) < 4.78 is 6.40. The minimum absolute atomic E-state index is 0.234. The van der Waals surface area contributed by atoms with Crippen molar-refractivity contribution in [1.29, 1.82) is 0 Å². The highest BCUT2D eigenvalue weighted by Gasteiger charge is 2.15. The summed E-state index contributed by atoms with van der Waals surface area (Å²) in [5.41, 5.74) is 2.37. The number of aromatic nitrogens is 2. The van der Waals surface area contributed by atoms with Gasteiger partial charge in [0.15, 0.2) is 5.58 Å². The Kier molecular flexibility index (Phi) is 5.38. The Labute approximate surface area is 171 Å². The molecule has 0 radical (unpaired) electrons. The van der Waals surface area contributed by atoms with Crippen molar-refractivity contribution in [3.63, 3.8) is 0 Å². The zero-order chi connectivity index (χ0) is 20.9. The van der Waals surface area contributed by atoms with E-state index in [2.05, 4.69) is 15.6 Å². The monoisotopic (exact) mass is 402 g/mol. The van der Waals surface area contributed by atoms with Crippen molar-refractivity contribution in [2.45, 2.75) is 13.1 Å². The second-order valence-corrected chi connectivity index (χ2v) is 6.55. The third-order valence-electron chi connectivity index (χ3n) is 4.46. The lowest BCUT2D eigenvalue weighted by Gasteiger charge is -2.07. The van der Waals surface area contributed by atoms with Gasteiger partial charge in [-0.1, -0.05) is 24.3 Å². The number of rotatable bonds is 6. The molecule has 2 amide bonds. The fourth-order valence-corrected chi connectivity index (χ4v) is 2.97. The van der Waals surface area contributed by atoms with Crippen LogP contribution in [0.25, 0.3) is 11.1 Å². The number of fused-ring (bicyclic) bond motifs is 1. The lowest BCUT2D eigenvalue weighted by atomic mass is 10.2. The summed E-state index contributed by atoms with van der Waals surface area (Å²) in [7, 11) is 0. The molecule has 0 aliphatic heterocycles. The maximum atomic E-state index is 12.5. The molecule has 2 N–H and O–H groups in total. The van der Waals surface area contributed by atoms with Crippen molar-refractivity contribution >= 4 is 28.6 Å². The van der Waals surface area contributed by atoms with Crippen LogP contribution in [0.3, 0.4) is 0 Å². The van der Waals surface area contributed by atoms with Gasteiger partial charge in [-0.3, -0.25) is 19.1 Å². The molecule has 0 saturated heterocycles. The molecule has 2 aromatic carbocycles. The molecule has 4 rings (SSSR count). The van der Waals surface area contributed by atoms with E-state index in [-0.39, 0.29) is 24.9 Å². The molecule has 150 valence electrons. The third kappa shape index (κ3) is 4.27. The second-order valence-electron chi connectivity index (χ2n) is 6.55. The number of nitrogens with zero attached hydrogens (tertiary/aromatic N) is 2. The molecular formula is C22H18N4O4. The molecule has 0 aliphatic rings. The highest BCUT2D eigenvalue weighted by Crippen LogP contribution is 2.17. The van der Waals surface area contributed by atoms with Crippen molar-refractivity contribution in [2.24, 2.45) is 0 Å². The average Bonchev–Trinajstić information content (AvgIpc) is 3.08. The second kappa shape index (κ2) is 8.44. The van der Waals surface area contributed by atoms with E-state index in [9.17, 15) is 14.4 Å². The summed E-state index contributed by atoms with van der Waals surface area (Å²) in [6, 6.07) is 19.1. The predicted molar refractivity (Wildman–Crippen MR) is 111 cm³/mol. The van der Waals surface area contributed by atoms with Crippen LogP contribution in [-0.2, 0) is 17.9 Å². The van der Waals surface area contributed by atoms with E-state index < -0.39 is 5.76 Å². The molecule has 0 aliphatic carbocycles. The standard InChI is InChI=1S/C22H18N4O4/c27-20(24-13-17-8-4-5-11-23-17)14-26-18-12-15(9-10-19(18)30-22(26)29)21(28)25-16-6-2-1-3-7-16/h1-12H,13-14H2,(H,24,27)(H,25,28). The molecule has 30 heavy (non-hydrogen) atoms. The van der Waals surface area contributed by atoms with Gasteiger partial charge >= 0.3 is 5.76 Å². The molecule has 0 bridgehead atoms. The first kappa shape index (κ1) is 19.1. The number of benzene rings is 2. The minimum atomic E-state index is -0.668. The van der Waals surface area contributed by atoms with Gasteiger partial charge < -0.3 is 15.1 Å². The molecule has 2 heterocycles. The van der Waals surface area contributed by atoms with Crippen LogP contribution < -0.4 is 16.4 Å². The van der Waals surface area contributed by atoms with Gasteiger partial charge in [-0.25, -0.2) is 4.79 Å². The van der Waals surface area contributed by atoms with Crippen LogP contribution in [0, 0.1) is 0 Å². The van der Waals surface area contributed by atoms with Crippen LogP contribution in [-0.4, -0.2) is 21.4 Å². The van der Waals surface area contributed by atoms with E-state index in [1.54, 1.807) is 42.6 Å². The maximum absolute atomic E-state index is 12.5. The predicted octanol–water partition coefficient (Wildman–Crippen LogP) is 2.56. The number of para-hydroxylation sites is 1. The van der Waals surface area contributed by atoms with Gasteiger partial charge in [-0.05, 0) is 42.5 Å². The smallest absolute Gasteiger partial charge is 0.408 e. The first-order valence-electron chi connectivity index (χ1n) is 9.26. The molecule has 8 nitrogen and oxygen atoms in total. The topological polar surface area (TPSA) is 106 Å². The Morgan fingerprint density at radius 1 is 1.00 bits per heavy atom. The Balaban J connectivity index is 1.52. The number of anilines is 1. The van der Waals surface area contributed by atoms with Crippen LogP contribution in [0.5, 0.6) is 0 Å². The SMILES string of the molecule is O=C(Cn1c(=O)oc2ccc(C(=O)Nc3ccccc3)cc21)NCc1ccccn1. The summed E-state index contributed by atoms with van der Waals surface area (Å²) >= 11 is 0. The minimum Gasteiger partial charge on any atom is -0.408 e. The first-order chi connectivity index (χ1) is 14.6. The average molecular weight is 402 g/mol. The highest BCUT2D eigenvalue weighted by atomic mass is 16.4. The largest absolute Gasteiger partial charge is 0.420 e. The van der Waals surface area contributed by atoms with E-state index in [4.69, 9.17) is 4.42 Å². The fraction of sp³-hybridized carbons (Fsp3) is 0.0909. The number of pyridine rings is 1. The van der Waals surface area contributed by atoms with Gasteiger partial charge in [0.05, 0.1) is 17.8 Å². The first-order valence-corrected chi connectivity index (χ1v) is 9.26. The van der Waals surface area contributed by atoms with Gasteiger partial charge in [0.1, 0.15) is 6.54 Å². The molecule has 4 aromatic rings. The molecule has 0 spiro atoms. The van der Waals surface area contributed by atoms with Crippen LogP contribution in [0.1, 0.15) is 16.1 Å². The summed E-state index contributed by atoms with van der Waals surface area (Å²) in [4.78, 5) is 41.2. The normalized spacial score (nSPS) is 10.7. The number of carbonyl (C=O) groups excluding carboxylic acids is 2. The fourth-order valence-electron chi connectivity index (χ4n) is 2.97. The molecule has 2 aromatic heterocycles. The molecular weight excluding hydrogens is 384 g/mol. The zero-order valence-corrected chi connectivity index (χ0v) is 15.9. The molecule has 0 saturated carbocycles. The zero-order valence-electron chi connectivity index (χ0n) is 15.9. The molecule has 0 atom stereocenters. The summed E-state index contributed by atoms with van der Waals surface area (Å²) in [6.07, 6.45) is 1.64. The number of carbonyl (C=O) groups is 2. The van der Waals surface area contributed by atoms with Crippen molar-refractivity contribution in [1.82, 2.24) is 14.9 Å². The molecule has 0 unspecified atom stereocenters. The molecule has 0 fully saturated rings. The molecule has 8 heteroatoms. The van der Waals surface area contributed by atoms with Gasteiger partial charge in [0.25, 0.3) is 5.91 Å². The Bertz CT molecular complexity index is 1250. The number of amides is 2. The Morgan fingerprint density at radius 2 is 1.80 bits per heavy atom. The van der Waals surface area contributed by atoms with E-state index in [0.29, 0.717) is 28.0 Å². The quantitative estimate of drug-likeness (QED) is 0.516. The van der Waals surface area contributed by atoms with Gasteiger partial charge in [0.2, 0.25) is 5.91 Å². The number of hydrogen-bond acceptors (Lipinski definition) is 5. The van der Waals surface area contributed by atoms with Crippen LogP contribution in [0.2, 0.25) is 0 Å². The Morgan fingerprint density at radius 3 is 2.57 bits per heavy atom. The van der Waals surface area contributed by atoms with Crippen molar-refractivity contribution < 1.29 is 14.0 Å². The number of oxazole rings is 1. The lowest BCUT2D eigenvalue weighted by Crippen LogP contribution is -2.30. The third-order valence-corrected chi connectivity index (χ3v) is 4.46. The van der Waals surface area contributed by atoms with Crippen LogP contribution in [0.15, 0.2) is 82.1 Å². The van der Waals surface area contributed by atoms with Gasteiger partial charge in [-0.2, -0.15) is 0 Å². The van der Waals surface area contributed by atoms with Gasteiger partial charge in [-0.15, -0.1) is 0 Å². The van der Waals surface area contributed by atoms with E-state index in [1.165, 1.54) is 10.6 Å². The van der Waals surface area contributed by atoms with E-state index in [0.717, 1.165) is 0 Å². The summed E-state index contributed by atoms with van der Waals surface area (Å²) in [5, 5.41) is 5.50. The van der Waals surface area contributed by atoms with Crippen LogP contribution >= 0.6 is 0 Å². The van der Waals surface area contributed by atoms with Gasteiger partial charge in [0, 0.05) is 17.4 Å². The highest BCUT2D eigenvalue weighted by molar-refractivity contribution is 6.05. The van der Waals surface area contributed by atoms with E-state index in [1.807, 2.05) is 24.3 Å². The summed E-state index contributed by atoms with van der Waals surface area (Å²) in [5.74, 6) is -1.37. The Hall–Kier alpha value is -4.20. The van der Waals surface area contributed by atoms with Crippen molar-refractivity contribution in [2.75, 3.05) is 5.32 Å². The number of hydrogen-bond donors (Lipinski definition) is 2. The lowest BCUT2D eigenvalue weighted by molar-refractivity contribution is -0.121. The van der Waals surface area contributed by atoms with E-state index >= 15 is 0 Å². The summed E-state index contributed by atoms with van der Waals surface area (Å²) in [6.45, 7) is 0.0113. The van der Waals surface area contributed by atoms with Crippen molar-refractivity contribution in [3.8, 4) is 0 Å². The maximum Gasteiger partial charge on any atom is 0.420 e. The number of nitrogens with one attached hydrogen (secondary N) is 2.